The van der Waals surface area contributed by atoms with E-state index in [1.54, 1.807) is 0 Å². The topological polar surface area (TPSA) is 64.5 Å². The van der Waals surface area contributed by atoms with Crippen LogP contribution in [0.4, 0.5) is 0 Å². The van der Waals surface area contributed by atoms with Gasteiger partial charge in [0.1, 0.15) is 0 Å². The van der Waals surface area contributed by atoms with Gasteiger partial charge in [-0.3, -0.25) is 0 Å². The molecule has 0 aliphatic carbocycles. The summed E-state index contributed by atoms with van der Waals surface area (Å²) in [6.07, 6.45) is 0. The van der Waals surface area contributed by atoms with Crippen LogP contribution in [0.1, 0.15) is 0 Å². The van der Waals surface area contributed by atoms with Crippen LogP contribution in [0, 0.1) is 0 Å². The largest absolute Gasteiger partial charge is 0.245 e. The summed E-state index contributed by atoms with van der Waals surface area (Å²) in [4.78, 5) is 25.5. The summed E-state index contributed by atoms with van der Waals surface area (Å²) in [6, 6.07) is 77.6. The van der Waals surface area contributed by atoms with Gasteiger partial charge in [0.2, 0.25) is 0 Å². The molecule has 8 aromatic carbocycles. The zero-order chi connectivity index (χ0) is 41.2. The highest BCUT2D eigenvalue weighted by atomic mass is 15.0. The third-order valence-electron chi connectivity index (χ3n) is 11.4. The van der Waals surface area contributed by atoms with Crippen LogP contribution >= 0.6 is 0 Å². The lowest BCUT2D eigenvalue weighted by Gasteiger charge is -2.13. The number of benzene rings is 8. The van der Waals surface area contributed by atoms with E-state index in [4.69, 9.17) is 24.9 Å². The maximum absolute atomic E-state index is 5.34. The molecule has 0 aliphatic rings. The molecule has 5 heteroatoms. The first-order valence-corrected chi connectivity index (χ1v) is 20.7. The van der Waals surface area contributed by atoms with E-state index in [0.717, 1.165) is 88.8 Å². The number of rotatable bonds is 8. The van der Waals surface area contributed by atoms with Crippen molar-refractivity contribution in [2.45, 2.75) is 0 Å². The van der Waals surface area contributed by atoms with E-state index >= 15 is 0 Å². The Kier molecular flexibility index (Phi) is 9.45. The highest BCUT2D eigenvalue weighted by Crippen LogP contribution is 2.37. The predicted molar refractivity (Wildman–Crippen MR) is 254 cm³/mol. The van der Waals surface area contributed by atoms with Crippen LogP contribution in [-0.2, 0) is 0 Å². The molecule has 0 spiro atoms. The molecule has 0 unspecified atom stereocenters. The van der Waals surface area contributed by atoms with Gasteiger partial charge in [-0.25, -0.2) is 24.9 Å². The Morgan fingerprint density at radius 1 is 0.226 bits per heavy atom. The lowest BCUT2D eigenvalue weighted by atomic mass is 9.96. The van der Waals surface area contributed by atoms with Gasteiger partial charge < -0.3 is 0 Å². The molecular formula is C57H37N5. The van der Waals surface area contributed by atoms with Crippen molar-refractivity contribution in [3.8, 4) is 90.1 Å². The van der Waals surface area contributed by atoms with Crippen LogP contribution in [0.15, 0.2) is 224 Å². The molecule has 0 aliphatic heterocycles. The standard InChI is InChI=1S/C57H37N5/c1-5-13-38(14-6-1)39-23-29-47(30-24-39)56-60-55(46-19-11-4-12-20-46)61-57(62-56)48-31-25-41(26-32-48)40-21-27-44(28-22-40)52-37-50(42-15-7-2-8-16-42)49-35-33-45-34-36-51(43-17-9-3-10-18-43)58-53(45)54(49)59-52/h1-37H. The summed E-state index contributed by atoms with van der Waals surface area (Å²) in [5.74, 6) is 1.89. The summed E-state index contributed by atoms with van der Waals surface area (Å²) in [5.41, 5.74) is 15.3. The van der Waals surface area contributed by atoms with Crippen molar-refractivity contribution < 1.29 is 0 Å². The molecule has 0 N–H and O–H groups in total. The molecule has 0 amide bonds. The van der Waals surface area contributed by atoms with E-state index in [0.29, 0.717) is 17.5 Å². The predicted octanol–water partition coefficient (Wildman–Crippen LogP) is 14.3. The van der Waals surface area contributed by atoms with E-state index in [9.17, 15) is 0 Å². The third-order valence-corrected chi connectivity index (χ3v) is 11.4. The summed E-state index contributed by atoms with van der Waals surface area (Å²) in [6.45, 7) is 0. The first kappa shape index (κ1) is 36.7. The summed E-state index contributed by atoms with van der Waals surface area (Å²) < 4.78 is 0. The molecule has 11 rings (SSSR count). The number of hydrogen-bond acceptors (Lipinski definition) is 5. The van der Waals surface area contributed by atoms with Crippen LogP contribution in [0.2, 0.25) is 0 Å². The van der Waals surface area contributed by atoms with Crippen molar-refractivity contribution in [1.82, 2.24) is 24.9 Å². The maximum Gasteiger partial charge on any atom is 0.164 e. The Hall–Kier alpha value is -8.41. The number of aromatic nitrogens is 5. The van der Waals surface area contributed by atoms with E-state index in [2.05, 4.69) is 170 Å². The quantitative estimate of drug-likeness (QED) is 0.143. The van der Waals surface area contributed by atoms with Crippen LogP contribution < -0.4 is 0 Å². The van der Waals surface area contributed by atoms with Crippen molar-refractivity contribution in [2.24, 2.45) is 0 Å². The molecule has 290 valence electrons. The molecule has 0 saturated carbocycles. The van der Waals surface area contributed by atoms with Crippen molar-refractivity contribution >= 4 is 21.8 Å². The van der Waals surface area contributed by atoms with Gasteiger partial charge in [0, 0.05) is 38.6 Å². The Labute approximate surface area is 359 Å². The minimum Gasteiger partial charge on any atom is -0.245 e. The first-order chi connectivity index (χ1) is 30.7. The minimum absolute atomic E-state index is 0.623. The van der Waals surface area contributed by atoms with Gasteiger partial charge in [-0.05, 0) is 45.5 Å². The number of pyridine rings is 2. The highest BCUT2D eigenvalue weighted by Gasteiger charge is 2.16. The zero-order valence-electron chi connectivity index (χ0n) is 33.6. The number of fused-ring (bicyclic) bond motifs is 3. The summed E-state index contributed by atoms with van der Waals surface area (Å²) in [5, 5.41) is 2.13. The average molecular weight is 792 g/mol. The van der Waals surface area contributed by atoms with Crippen molar-refractivity contribution in [1.29, 1.82) is 0 Å². The van der Waals surface area contributed by atoms with Gasteiger partial charge in [-0.2, -0.15) is 0 Å². The molecule has 11 aromatic rings. The second-order valence-corrected chi connectivity index (χ2v) is 15.3. The van der Waals surface area contributed by atoms with E-state index in [1.807, 2.05) is 54.6 Å². The minimum atomic E-state index is 0.623. The van der Waals surface area contributed by atoms with Crippen molar-refractivity contribution in [2.75, 3.05) is 0 Å². The molecule has 0 bridgehead atoms. The van der Waals surface area contributed by atoms with E-state index < -0.39 is 0 Å². The molecule has 0 saturated heterocycles. The smallest absolute Gasteiger partial charge is 0.164 e. The van der Waals surface area contributed by atoms with Crippen LogP contribution in [0.25, 0.3) is 112 Å². The lowest BCUT2D eigenvalue weighted by Crippen LogP contribution is -2.00. The van der Waals surface area contributed by atoms with Crippen molar-refractivity contribution in [3.05, 3.63) is 224 Å². The normalized spacial score (nSPS) is 11.2. The summed E-state index contributed by atoms with van der Waals surface area (Å²) >= 11 is 0. The summed E-state index contributed by atoms with van der Waals surface area (Å²) in [7, 11) is 0. The Morgan fingerprint density at radius 3 is 1.10 bits per heavy atom. The molecule has 3 aromatic heterocycles. The van der Waals surface area contributed by atoms with E-state index in [1.165, 1.54) is 5.56 Å². The maximum atomic E-state index is 5.34. The Bertz CT molecular complexity index is 3340. The Balaban J connectivity index is 0.936. The van der Waals surface area contributed by atoms with Gasteiger partial charge in [-0.1, -0.05) is 212 Å². The second kappa shape index (κ2) is 16.0. The fourth-order valence-electron chi connectivity index (χ4n) is 8.08. The third kappa shape index (κ3) is 7.18. The van der Waals surface area contributed by atoms with Gasteiger partial charge in [0.05, 0.1) is 22.4 Å². The first-order valence-electron chi connectivity index (χ1n) is 20.7. The number of nitrogens with zero attached hydrogens (tertiary/aromatic N) is 5. The van der Waals surface area contributed by atoms with Crippen molar-refractivity contribution in [3.63, 3.8) is 0 Å². The van der Waals surface area contributed by atoms with Crippen LogP contribution in [-0.4, -0.2) is 24.9 Å². The molecule has 3 heterocycles. The van der Waals surface area contributed by atoms with Gasteiger partial charge in [-0.15, -0.1) is 0 Å². The monoisotopic (exact) mass is 791 g/mol. The highest BCUT2D eigenvalue weighted by molar-refractivity contribution is 6.09. The second-order valence-electron chi connectivity index (χ2n) is 15.3. The molecule has 0 fully saturated rings. The number of hydrogen-bond donors (Lipinski definition) is 0. The fraction of sp³-hybridized carbons (Fsp3) is 0. The van der Waals surface area contributed by atoms with Gasteiger partial charge in [0.15, 0.2) is 17.5 Å². The van der Waals surface area contributed by atoms with Gasteiger partial charge >= 0.3 is 0 Å². The Morgan fingerprint density at radius 2 is 0.581 bits per heavy atom. The van der Waals surface area contributed by atoms with Gasteiger partial charge in [0.25, 0.3) is 0 Å². The fourth-order valence-corrected chi connectivity index (χ4v) is 8.08. The molecular weight excluding hydrogens is 755 g/mol. The molecule has 5 nitrogen and oxygen atoms in total. The molecule has 0 atom stereocenters. The van der Waals surface area contributed by atoms with Crippen LogP contribution in [0.5, 0.6) is 0 Å². The zero-order valence-corrected chi connectivity index (χ0v) is 33.6. The average Bonchev–Trinajstić information content (AvgIpc) is 3.37. The lowest BCUT2D eigenvalue weighted by molar-refractivity contribution is 1.07. The molecule has 0 radical (unpaired) electrons. The van der Waals surface area contributed by atoms with E-state index in [-0.39, 0.29) is 0 Å². The molecule has 62 heavy (non-hydrogen) atoms. The van der Waals surface area contributed by atoms with Crippen LogP contribution in [0.3, 0.4) is 0 Å². The SMILES string of the molecule is c1ccc(-c2ccc(-c3nc(-c4ccccc4)nc(-c4ccc(-c5ccc(-c6cc(-c7ccccc7)c7ccc8ccc(-c9ccccc9)nc8c7n6)cc5)cc4)n3)cc2)cc1.